The van der Waals surface area contributed by atoms with Gasteiger partial charge in [-0.15, -0.1) is 0 Å². The Morgan fingerprint density at radius 3 is 2.57 bits per heavy atom. The fourth-order valence-corrected chi connectivity index (χ4v) is 5.71. The first-order chi connectivity index (χ1) is 6.52. The Labute approximate surface area is 91.2 Å². The van der Waals surface area contributed by atoms with E-state index in [1.54, 1.807) is 0 Å². The minimum absolute atomic E-state index is 0.0420. The first kappa shape index (κ1) is 12.4. The third-order valence-electron chi connectivity index (χ3n) is 2.65. The van der Waals surface area contributed by atoms with Gasteiger partial charge >= 0.3 is 0 Å². The predicted octanol–water partition coefficient (Wildman–Crippen LogP) is 3.04. The lowest BCUT2D eigenvalue weighted by atomic mass is 10.0. The minimum Gasteiger partial charge on any atom is -0.217 e. The maximum absolute atomic E-state index is 11.5. The van der Waals surface area contributed by atoms with Crippen molar-refractivity contribution in [1.82, 2.24) is 0 Å². The van der Waals surface area contributed by atoms with Crippen molar-refractivity contribution in [2.45, 2.75) is 51.2 Å². The van der Waals surface area contributed by atoms with E-state index in [9.17, 15) is 8.42 Å². The number of rotatable bonds is 5. The molecular weight excluding hydrogens is 216 g/mol. The first-order valence-corrected chi connectivity index (χ1v) is 8.45. The molecule has 4 heteroatoms. The molecule has 0 aliphatic carbocycles. The highest BCUT2D eigenvalue weighted by Crippen LogP contribution is 2.33. The fourth-order valence-electron chi connectivity index (χ4n) is 1.75. The second kappa shape index (κ2) is 5.40. The summed E-state index contributed by atoms with van der Waals surface area (Å²) in [6, 6.07) is 0. The monoisotopic (exact) mass is 236 g/mol. The Bertz CT molecular complexity index is 257. The topological polar surface area (TPSA) is 34.1 Å². The highest BCUT2D eigenvalue weighted by Gasteiger charge is 2.31. The lowest BCUT2D eigenvalue weighted by molar-refractivity contribution is 0.515. The molecule has 1 rings (SSSR count). The van der Waals surface area contributed by atoms with E-state index in [4.69, 9.17) is 0 Å². The van der Waals surface area contributed by atoms with Crippen molar-refractivity contribution in [2.24, 2.45) is 5.92 Å². The minimum atomic E-state index is -2.77. The molecule has 0 radical (unpaired) electrons. The first-order valence-electron chi connectivity index (χ1n) is 5.40. The second-order valence-electron chi connectivity index (χ2n) is 4.40. The molecule has 1 saturated heterocycles. The Kier molecular flexibility index (Phi) is 4.77. The van der Waals surface area contributed by atoms with Crippen LogP contribution >= 0.6 is 10.8 Å². The second-order valence-corrected chi connectivity index (χ2v) is 8.80. The van der Waals surface area contributed by atoms with E-state index in [-0.39, 0.29) is 5.25 Å². The number of hydrogen-bond donors (Lipinski definition) is 0. The smallest absolute Gasteiger partial charge is 0.204 e. The van der Waals surface area contributed by atoms with E-state index >= 15 is 0 Å². The largest absolute Gasteiger partial charge is 0.217 e. The van der Waals surface area contributed by atoms with E-state index in [2.05, 4.69) is 13.8 Å². The Morgan fingerprint density at radius 2 is 2.07 bits per heavy atom. The van der Waals surface area contributed by atoms with Crippen molar-refractivity contribution < 1.29 is 8.42 Å². The molecule has 0 aromatic carbocycles. The molecule has 0 unspecified atom stereocenters. The van der Waals surface area contributed by atoms with E-state index in [0.29, 0.717) is 0 Å². The van der Waals surface area contributed by atoms with Gasteiger partial charge in [0.25, 0.3) is 0 Å². The maximum atomic E-state index is 11.5. The van der Waals surface area contributed by atoms with Crippen molar-refractivity contribution >= 4 is 19.7 Å². The summed E-state index contributed by atoms with van der Waals surface area (Å²) in [5.74, 6) is 1.54. The van der Waals surface area contributed by atoms with Gasteiger partial charge in [-0.25, -0.2) is 8.42 Å². The van der Waals surface area contributed by atoms with Crippen LogP contribution in [0.5, 0.6) is 0 Å². The van der Waals surface area contributed by atoms with E-state index in [1.165, 1.54) is 12.8 Å². The van der Waals surface area contributed by atoms with E-state index in [1.807, 2.05) is 0 Å². The normalized spacial score (nSPS) is 25.8. The van der Waals surface area contributed by atoms with Crippen LogP contribution in [0, 0.1) is 5.92 Å². The zero-order valence-electron chi connectivity index (χ0n) is 9.03. The van der Waals surface area contributed by atoms with E-state index < -0.39 is 8.87 Å². The molecular formula is C10H20O2S2. The molecule has 0 bridgehead atoms. The van der Waals surface area contributed by atoms with Crippen LogP contribution in [-0.4, -0.2) is 19.4 Å². The van der Waals surface area contributed by atoms with Gasteiger partial charge in [-0.2, -0.15) is 0 Å². The van der Waals surface area contributed by atoms with E-state index in [0.717, 1.165) is 41.7 Å². The third-order valence-corrected chi connectivity index (χ3v) is 6.97. The molecule has 0 amide bonds. The average Bonchev–Trinajstić information content (AvgIpc) is 2.39. The van der Waals surface area contributed by atoms with Crippen LogP contribution in [0.25, 0.3) is 0 Å². The fraction of sp³-hybridized carbons (Fsp3) is 1.00. The van der Waals surface area contributed by atoms with Crippen LogP contribution in [0.15, 0.2) is 0 Å². The summed E-state index contributed by atoms with van der Waals surface area (Å²) in [5.41, 5.74) is 0. The van der Waals surface area contributed by atoms with Crippen LogP contribution < -0.4 is 0 Å². The summed E-state index contributed by atoms with van der Waals surface area (Å²) in [6.45, 7) is 4.42. The zero-order chi connectivity index (χ0) is 10.6. The molecule has 0 aromatic heterocycles. The molecule has 1 heterocycles. The van der Waals surface area contributed by atoms with Gasteiger partial charge in [0.1, 0.15) is 0 Å². The van der Waals surface area contributed by atoms with Gasteiger partial charge < -0.3 is 0 Å². The molecule has 0 aromatic rings. The van der Waals surface area contributed by atoms with Crippen LogP contribution in [0.3, 0.4) is 0 Å². The molecule has 0 N–H and O–H groups in total. The van der Waals surface area contributed by atoms with Crippen LogP contribution in [0.4, 0.5) is 0 Å². The molecule has 1 aliphatic rings. The van der Waals surface area contributed by atoms with Gasteiger partial charge in [-0.3, -0.25) is 0 Å². The third kappa shape index (κ3) is 3.81. The van der Waals surface area contributed by atoms with Crippen LogP contribution in [-0.2, 0) is 8.87 Å². The maximum Gasteiger partial charge on any atom is 0.204 e. The van der Waals surface area contributed by atoms with Crippen molar-refractivity contribution in [3.8, 4) is 0 Å². The summed E-state index contributed by atoms with van der Waals surface area (Å²) in [7, 11) is -1.63. The summed E-state index contributed by atoms with van der Waals surface area (Å²) < 4.78 is 22.9. The lowest BCUT2D eigenvalue weighted by Crippen LogP contribution is -2.11. The average molecular weight is 236 g/mol. The molecule has 2 nitrogen and oxygen atoms in total. The Balaban J connectivity index is 2.19. The molecule has 0 spiro atoms. The summed E-state index contributed by atoms with van der Waals surface area (Å²) in [5, 5.41) is -0.0420. The highest BCUT2D eigenvalue weighted by atomic mass is 33.1. The van der Waals surface area contributed by atoms with Gasteiger partial charge in [-0.1, -0.05) is 33.1 Å². The van der Waals surface area contributed by atoms with Crippen molar-refractivity contribution in [2.75, 3.05) is 5.75 Å². The standard InChI is InChI=1S/C10H20O2S2/c1-9(2)5-3-4-6-10-7-8-13-14(10,11)12/h9-10H,3-8H2,1-2H3/t10-/m0/s1. The van der Waals surface area contributed by atoms with Gasteiger partial charge in [0.2, 0.25) is 8.87 Å². The van der Waals surface area contributed by atoms with Crippen molar-refractivity contribution in [3.05, 3.63) is 0 Å². The van der Waals surface area contributed by atoms with Gasteiger partial charge in [0.15, 0.2) is 0 Å². The Hall–Kier alpha value is 0.300. The predicted molar refractivity (Wildman–Crippen MR) is 63.1 cm³/mol. The summed E-state index contributed by atoms with van der Waals surface area (Å²) >= 11 is 0. The quantitative estimate of drug-likeness (QED) is 0.543. The highest BCUT2D eigenvalue weighted by molar-refractivity contribution is 8.72. The van der Waals surface area contributed by atoms with Gasteiger partial charge in [-0.05, 0) is 29.6 Å². The summed E-state index contributed by atoms with van der Waals surface area (Å²) in [6.07, 6.45) is 5.22. The molecule has 1 aliphatic heterocycles. The Morgan fingerprint density at radius 1 is 1.36 bits per heavy atom. The molecule has 14 heavy (non-hydrogen) atoms. The summed E-state index contributed by atoms with van der Waals surface area (Å²) in [4.78, 5) is 0. The molecule has 84 valence electrons. The molecule has 0 saturated carbocycles. The SMILES string of the molecule is CC(C)CCCC[C@H]1CCSS1(=O)=O. The van der Waals surface area contributed by atoms with Crippen molar-refractivity contribution in [3.63, 3.8) is 0 Å². The zero-order valence-corrected chi connectivity index (χ0v) is 10.7. The van der Waals surface area contributed by atoms with Gasteiger partial charge in [0.05, 0.1) is 5.25 Å². The number of hydrogen-bond acceptors (Lipinski definition) is 3. The van der Waals surface area contributed by atoms with Crippen LogP contribution in [0.2, 0.25) is 0 Å². The van der Waals surface area contributed by atoms with Crippen molar-refractivity contribution in [1.29, 1.82) is 0 Å². The number of unbranched alkanes of at least 4 members (excludes halogenated alkanes) is 1. The molecule has 1 fully saturated rings. The van der Waals surface area contributed by atoms with Crippen LogP contribution in [0.1, 0.15) is 46.0 Å². The molecule has 1 atom stereocenters. The van der Waals surface area contributed by atoms with Gasteiger partial charge in [0, 0.05) is 5.75 Å². The lowest BCUT2D eigenvalue weighted by Gasteiger charge is -2.08.